The van der Waals surface area contributed by atoms with Crippen molar-refractivity contribution in [3.63, 3.8) is 0 Å². The highest BCUT2D eigenvalue weighted by atomic mass is 16.1. The second-order valence-corrected chi connectivity index (χ2v) is 5.41. The zero-order valence-electron chi connectivity index (χ0n) is 13.3. The van der Waals surface area contributed by atoms with Crippen LogP contribution in [0.3, 0.4) is 0 Å². The van der Waals surface area contributed by atoms with Crippen molar-refractivity contribution in [1.29, 1.82) is 0 Å². The first-order valence-electron chi connectivity index (χ1n) is 7.92. The topological polar surface area (TPSA) is 61.4 Å². The van der Waals surface area contributed by atoms with Crippen molar-refractivity contribution >= 4 is 17.4 Å². The highest BCUT2D eigenvalue weighted by Gasteiger charge is 2.22. The molecule has 1 amide bonds. The highest BCUT2D eigenvalue weighted by molar-refractivity contribution is 5.98. The molecule has 120 valence electrons. The van der Waals surface area contributed by atoms with Crippen molar-refractivity contribution in [1.82, 2.24) is 15.3 Å². The summed E-state index contributed by atoms with van der Waals surface area (Å²) in [7, 11) is 0. The van der Waals surface area contributed by atoms with Gasteiger partial charge in [0.1, 0.15) is 5.82 Å². The van der Waals surface area contributed by atoms with Crippen LogP contribution in [0.2, 0.25) is 0 Å². The lowest BCUT2D eigenvalue weighted by Crippen LogP contribution is -2.47. The van der Waals surface area contributed by atoms with Crippen LogP contribution in [0.15, 0.2) is 42.9 Å². The molecule has 0 spiro atoms. The molecule has 1 saturated heterocycles. The highest BCUT2D eigenvalue weighted by Crippen LogP contribution is 2.21. The zero-order valence-corrected chi connectivity index (χ0v) is 13.3. The average molecular weight is 311 g/mol. The van der Waals surface area contributed by atoms with Gasteiger partial charge in [-0.05, 0) is 31.2 Å². The van der Waals surface area contributed by atoms with E-state index in [-0.39, 0.29) is 5.91 Å². The Hall–Kier alpha value is -2.63. The summed E-state index contributed by atoms with van der Waals surface area (Å²) in [6.45, 7) is 6.01. The van der Waals surface area contributed by atoms with Crippen molar-refractivity contribution in [2.24, 2.45) is 0 Å². The average Bonchev–Trinajstić information content (AvgIpc) is 2.63. The van der Waals surface area contributed by atoms with Crippen LogP contribution in [0.5, 0.6) is 0 Å². The number of carbonyl (C=O) groups is 1. The fraction of sp³-hybridized carbons (Fsp3) is 0.353. The van der Waals surface area contributed by atoms with Gasteiger partial charge in [0.15, 0.2) is 0 Å². The molecule has 6 heteroatoms. The Morgan fingerprint density at radius 1 is 1.09 bits per heavy atom. The van der Waals surface area contributed by atoms with Gasteiger partial charge in [-0.15, -0.1) is 0 Å². The molecule has 1 N–H and O–H groups in total. The van der Waals surface area contributed by atoms with Gasteiger partial charge in [0, 0.05) is 57.0 Å². The predicted octanol–water partition coefficient (Wildman–Crippen LogP) is 1.55. The number of pyridine rings is 2. The van der Waals surface area contributed by atoms with E-state index in [0.29, 0.717) is 12.1 Å². The maximum Gasteiger partial charge on any atom is 0.255 e. The summed E-state index contributed by atoms with van der Waals surface area (Å²) in [6.07, 6.45) is 5.37. The van der Waals surface area contributed by atoms with Gasteiger partial charge in [0.05, 0.1) is 5.56 Å². The molecule has 3 heterocycles. The van der Waals surface area contributed by atoms with E-state index < -0.39 is 0 Å². The summed E-state index contributed by atoms with van der Waals surface area (Å²) in [4.78, 5) is 25.2. The van der Waals surface area contributed by atoms with Crippen LogP contribution < -0.4 is 15.1 Å². The van der Waals surface area contributed by atoms with E-state index in [9.17, 15) is 4.79 Å². The molecule has 3 rings (SSSR count). The molecule has 2 aromatic heterocycles. The largest absolute Gasteiger partial charge is 0.368 e. The Morgan fingerprint density at radius 2 is 1.78 bits per heavy atom. The number of hydrogen-bond acceptors (Lipinski definition) is 5. The molecule has 0 aromatic carbocycles. The molecule has 2 aromatic rings. The first kappa shape index (κ1) is 15.3. The quantitative estimate of drug-likeness (QED) is 0.928. The number of hydrogen-bond donors (Lipinski definition) is 1. The molecule has 1 aliphatic rings. The lowest BCUT2D eigenvalue weighted by atomic mass is 10.2. The van der Waals surface area contributed by atoms with Crippen LogP contribution in [-0.2, 0) is 0 Å². The fourth-order valence-corrected chi connectivity index (χ4v) is 2.81. The summed E-state index contributed by atoms with van der Waals surface area (Å²) in [5.74, 6) is 0.708. The van der Waals surface area contributed by atoms with Crippen LogP contribution in [0.25, 0.3) is 0 Å². The maximum atomic E-state index is 12.2. The van der Waals surface area contributed by atoms with Crippen molar-refractivity contribution in [2.75, 3.05) is 42.5 Å². The van der Waals surface area contributed by atoms with Gasteiger partial charge in [-0.1, -0.05) is 0 Å². The number of nitrogens with one attached hydrogen (secondary N) is 1. The molecule has 0 aliphatic carbocycles. The molecular weight excluding hydrogens is 290 g/mol. The van der Waals surface area contributed by atoms with Gasteiger partial charge in [-0.3, -0.25) is 9.78 Å². The Bertz CT molecular complexity index is 653. The summed E-state index contributed by atoms with van der Waals surface area (Å²) in [5.41, 5.74) is 1.83. The third kappa shape index (κ3) is 3.41. The van der Waals surface area contributed by atoms with Gasteiger partial charge in [-0.25, -0.2) is 4.98 Å². The molecular formula is C17H21N5O. The molecule has 1 fully saturated rings. The van der Waals surface area contributed by atoms with Gasteiger partial charge in [0.25, 0.3) is 5.91 Å². The number of rotatable bonds is 4. The second-order valence-electron chi connectivity index (χ2n) is 5.41. The fourth-order valence-electron chi connectivity index (χ4n) is 2.81. The number of nitrogens with zero attached hydrogens (tertiary/aromatic N) is 4. The van der Waals surface area contributed by atoms with Gasteiger partial charge in [-0.2, -0.15) is 0 Å². The number of amides is 1. The van der Waals surface area contributed by atoms with Crippen LogP contribution in [-0.4, -0.2) is 48.6 Å². The minimum Gasteiger partial charge on any atom is -0.368 e. The molecule has 0 bridgehead atoms. The lowest BCUT2D eigenvalue weighted by Gasteiger charge is -2.37. The Labute approximate surface area is 136 Å². The predicted molar refractivity (Wildman–Crippen MR) is 90.9 cm³/mol. The van der Waals surface area contributed by atoms with Crippen LogP contribution in [0.1, 0.15) is 17.3 Å². The maximum absolute atomic E-state index is 12.2. The molecule has 23 heavy (non-hydrogen) atoms. The summed E-state index contributed by atoms with van der Waals surface area (Å²) in [6, 6.07) is 7.69. The van der Waals surface area contributed by atoms with E-state index in [1.807, 2.05) is 37.5 Å². The normalized spacial score (nSPS) is 14.7. The van der Waals surface area contributed by atoms with Crippen LogP contribution >= 0.6 is 0 Å². The number of anilines is 2. The standard InChI is InChI=1S/C17H21N5O/c1-2-19-17(23)15-4-3-7-20-16(15)22-12-10-21(11-13-22)14-5-8-18-9-6-14/h3-9H,2,10-13H2,1H3,(H,19,23). The summed E-state index contributed by atoms with van der Waals surface area (Å²) >= 11 is 0. The Kier molecular flexibility index (Phi) is 4.71. The van der Waals surface area contributed by atoms with Gasteiger partial charge in [0.2, 0.25) is 0 Å². The van der Waals surface area contributed by atoms with Gasteiger partial charge >= 0.3 is 0 Å². The third-order valence-corrected chi connectivity index (χ3v) is 3.98. The van der Waals surface area contributed by atoms with E-state index in [1.54, 1.807) is 12.3 Å². The van der Waals surface area contributed by atoms with Gasteiger partial charge < -0.3 is 15.1 Å². The molecule has 0 radical (unpaired) electrons. The number of aromatic nitrogens is 2. The number of carbonyl (C=O) groups excluding carboxylic acids is 1. The van der Waals surface area contributed by atoms with Crippen LogP contribution in [0, 0.1) is 0 Å². The third-order valence-electron chi connectivity index (χ3n) is 3.98. The van der Waals surface area contributed by atoms with Crippen molar-refractivity contribution < 1.29 is 4.79 Å². The zero-order chi connectivity index (χ0) is 16.1. The molecule has 0 atom stereocenters. The molecule has 6 nitrogen and oxygen atoms in total. The molecule has 0 unspecified atom stereocenters. The van der Waals surface area contributed by atoms with E-state index in [4.69, 9.17) is 0 Å². The van der Waals surface area contributed by atoms with E-state index in [2.05, 4.69) is 25.1 Å². The first-order chi connectivity index (χ1) is 11.3. The van der Waals surface area contributed by atoms with Crippen LogP contribution in [0.4, 0.5) is 11.5 Å². The van der Waals surface area contributed by atoms with E-state index in [1.165, 1.54) is 5.69 Å². The Morgan fingerprint density at radius 3 is 2.48 bits per heavy atom. The van der Waals surface area contributed by atoms with E-state index in [0.717, 1.165) is 32.0 Å². The molecule has 1 aliphatic heterocycles. The summed E-state index contributed by atoms with van der Waals surface area (Å²) < 4.78 is 0. The minimum absolute atomic E-state index is 0.0628. The van der Waals surface area contributed by atoms with Crippen molar-refractivity contribution in [3.05, 3.63) is 48.4 Å². The lowest BCUT2D eigenvalue weighted by molar-refractivity contribution is 0.0956. The molecule has 0 saturated carbocycles. The van der Waals surface area contributed by atoms with Crippen molar-refractivity contribution in [2.45, 2.75) is 6.92 Å². The Balaban J connectivity index is 1.72. The van der Waals surface area contributed by atoms with Crippen molar-refractivity contribution in [3.8, 4) is 0 Å². The first-order valence-corrected chi connectivity index (χ1v) is 7.92. The second kappa shape index (κ2) is 7.09. The minimum atomic E-state index is -0.0628. The monoisotopic (exact) mass is 311 g/mol. The smallest absolute Gasteiger partial charge is 0.255 e. The SMILES string of the molecule is CCNC(=O)c1cccnc1N1CCN(c2ccncc2)CC1. The number of piperazine rings is 1. The summed E-state index contributed by atoms with van der Waals surface area (Å²) in [5, 5.41) is 2.85. The van der Waals surface area contributed by atoms with E-state index >= 15 is 0 Å².